The van der Waals surface area contributed by atoms with Crippen LogP contribution in [0.4, 0.5) is 0 Å². The van der Waals surface area contributed by atoms with E-state index < -0.39 is 0 Å². The fourth-order valence-corrected chi connectivity index (χ4v) is 2.41. The summed E-state index contributed by atoms with van der Waals surface area (Å²) in [5, 5.41) is 3.65. The molecule has 1 heteroatoms. The van der Waals surface area contributed by atoms with Crippen molar-refractivity contribution in [3.05, 3.63) is 35.4 Å². The first-order valence-corrected chi connectivity index (χ1v) is 5.52. The Morgan fingerprint density at radius 2 is 2.00 bits per heavy atom. The van der Waals surface area contributed by atoms with Crippen molar-refractivity contribution >= 4 is 0 Å². The molecule has 0 spiro atoms. The van der Waals surface area contributed by atoms with Crippen LogP contribution in [0.3, 0.4) is 0 Å². The lowest BCUT2D eigenvalue weighted by molar-refractivity contribution is 0.386. The molecule has 0 radical (unpaired) electrons. The van der Waals surface area contributed by atoms with Gasteiger partial charge in [-0.25, -0.2) is 0 Å². The van der Waals surface area contributed by atoms with E-state index in [1.807, 2.05) is 0 Å². The number of benzene rings is 1. The highest BCUT2D eigenvalue weighted by molar-refractivity contribution is 5.35. The van der Waals surface area contributed by atoms with Gasteiger partial charge in [0.05, 0.1) is 0 Å². The van der Waals surface area contributed by atoms with Crippen molar-refractivity contribution in [3.63, 3.8) is 0 Å². The lowest BCUT2D eigenvalue weighted by Gasteiger charge is -2.21. The molecule has 0 aromatic heterocycles. The van der Waals surface area contributed by atoms with E-state index in [4.69, 9.17) is 0 Å². The smallest absolute Gasteiger partial charge is 0.0354 e. The highest BCUT2D eigenvalue weighted by Crippen LogP contribution is 2.35. The van der Waals surface area contributed by atoms with Gasteiger partial charge < -0.3 is 5.32 Å². The van der Waals surface area contributed by atoms with Crippen LogP contribution in [-0.2, 0) is 6.42 Å². The van der Waals surface area contributed by atoms with Crippen LogP contribution in [0.5, 0.6) is 0 Å². The second kappa shape index (κ2) is 3.74. The SMILES string of the molecule is CC(C)NC1c2ccccc2CC1C. The van der Waals surface area contributed by atoms with Gasteiger partial charge in [0.2, 0.25) is 0 Å². The van der Waals surface area contributed by atoms with Crippen LogP contribution < -0.4 is 5.32 Å². The predicted octanol–water partition coefficient (Wildman–Crippen LogP) is 2.92. The van der Waals surface area contributed by atoms with Gasteiger partial charge in [0, 0.05) is 12.1 Å². The topological polar surface area (TPSA) is 12.0 Å². The highest BCUT2D eigenvalue weighted by atomic mass is 14.9. The van der Waals surface area contributed by atoms with Crippen molar-refractivity contribution in [3.8, 4) is 0 Å². The number of hydrogen-bond acceptors (Lipinski definition) is 1. The Kier molecular flexibility index (Phi) is 2.60. The monoisotopic (exact) mass is 189 g/mol. The molecule has 1 aliphatic carbocycles. The third-order valence-electron chi connectivity index (χ3n) is 3.01. The van der Waals surface area contributed by atoms with Gasteiger partial charge in [-0.3, -0.25) is 0 Å². The fourth-order valence-electron chi connectivity index (χ4n) is 2.41. The van der Waals surface area contributed by atoms with E-state index >= 15 is 0 Å². The minimum atomic E-state index is 0.561. The Morgan fingerprint density at radius 3 is 2.71 bits per heavy atom. The summed E-state index contributed by atoms with van der Waals surface area (Å²) in [5.41, 5.74) is 3.03. The molecule has 2 atom stereocenters. The van der Waals surface area contributed by atoms with Crippen LogP contribution in [0.1, 0.15) is 37.9 Å². The van der Waals surface area contributed by atoms with Crippen molar-refractivity contribution in [2.75, 3.05) is 0 Å². The maximum atomic E-state index is 3.65. The quantitative estimate of drug-likeness (QED) is 0.754. The minimum absolute atomic E-state index is 0.561. The third kappa shape index (κ3) is 1.69. The minimum Gasteiger partial charge on any atom is -0.307 e. The van der Waals surface area contributed by atoms with E-state index in [1.165, 1.54) is 17.5 Å². The summed E-state index contributed by atoms with van der Waals surface area (Å²) in [6, 6.07) is 9.93. The van der Waals surface area contributed by atoms with E-state index in [0.29, 0.717) is 12.1 Å². The summed E-state index contributed by atoms with van der Waals surface area (Å²) in [6.45, 7) is 6.77. The Morgan fingerprint density at radius 1 is 1.29 bits per heavy atom. The molecule has 1 aliphatic rings. The molecule has 76 valence electrons. The first kappa shape index (κ1) is 9.72. The predicted molar refractivity (Wildman–Crippen MR) is 60.3 cm³/mol. The van der Waals surface area contributed by atoms with Crippen molar-refractivity contribution in [2.45, 2.75) is 39.3 Å². The van der Waals surface area contributed by atoms with E-state index in [2.05, 4.69) is 50.4 Å². The second-order valence-electron chi connectivity index (χ2n) is 4.68. The second-order valence-corrected chi connectivity index (χ2v) is 4.68. The Bertz CT molecular complexity index is 317. The summed E-state index contributed by atoms with van der Waals surface area (Å²) in [6.07, 6.45) is 1.22. The van der Waals surface area contributed by atoms with Crippen LogP contribution in [-0.4, -0.2) is 6.04 Å². The van der Waals surface area contributed by atoms with E-state index in [9.17, 15) is 0 Å². The molecule has 0 heterocycles. The zero-order valence-corrected chi connectivity index (χ0v) is 9.25. The highest BCUT2D eigenvalue weighted by Gasteiger charge is 2.28. The molecular formula is C13H19N. The van der Waals surface area contributed by atoms with Crippen LogP contribution >= 0.6 is 0 Å². The van der Waals surface area contributed by atoms with Crippen molar-refractivity contribution < 1.29 is 0 Å². The Labute approximate surface area is 86.5 Å². The molecule has 2 unspecified atom stereocenters. The van der Waals surface area contributed by atoms with Crippen molar-refractivity contribution in [2.24, 2.45) is 5.92 Å². The van der Waals surface area contributed by atoms with E-state index in [0.717, 1.165) is 5.92 Å². The largest absolute Gasteiger partial charge is 0.307 e. The zero-order chi connectivity index (χ0) is 10.1. The molecule has 1 N–H and O–H groups in total. The van der Waals surface area contributed by atoms with E-state index in [-0.39, 0.29) is 0 Å². The van der Waals surface area contributed by atoms with Gasteiger partial charge in [-0.05, 0) is 23.5 Å². The summed E-state index contributed by atoms with van der Waals surface area (Å²) in [7, 11) is 0. The van der Waals surface area contributed by atoms with Crippen LogP contribution in [0.15, 0.2) is 24.3 Å². The zero-order valence-electron chi connectivity index (χ0n) is 9.25. The van der Waals surface area contributed by atoms with Gasteiger partial charge >= 0.3 is 0 Å². The first-order chi connectivity index (χ1) is 6.68. The van der Waals surface area contributed by atoms with Crippen LogP contribution in [0, 0.1) is 5.92 Å². The maximum absolute atomic E-state index is 3.65. The summed E-state index contributed by atoms with van der Waals surface area (Å²) in [4.78, 5) is 0. The molecule has 14 heavy (non-hydrogen) atoms. The third-order valence-corrected chi connectivity index (χ3v) is 3.01. The normalized spacial score (nSPS) is 25.4. The van der Waals surface area contributed by atoms with Gasteiger partial charge in [0.15, 0.2) is 0 Å². The molecule has 2 rings (SSSR count). The molecule has 0 saturated carbocycles. The van der Waals surface area contributed by atoms with Gasteiger partial charge in [0.1, 0.15) is 0 Å². The Balaban J connectivity index is 2.25. The van der Waals surface area contributed by atoms with Gasteiger partial charge in [-0.15, -0.1) is 0 Å². The fraction of sp³-hybridized carbons (Fsp3) is 0.538. The molecule has 1 nitrogen and oxygen atoms in total. The molecule has 1 aromatic carbocycles. The molecule has 0 bridgehead atoms. The standard InChI is InChI=1S/C13H19N/c1-9(2)14-13-10(3)8-11-6-4-5-7-12(11)13/h4-7,9-10,13-14H,8H2,1-3H3. The lowest BCUT2D eigenvalue weighted by atomic mass is 10.0. The average Bonchev–Trinajstić information content (AvgIpc) is 2.43. The van der Waals surface area contributed by atoms with Gasteiger partial charge in [-0.2, -0.15) is 0 Å². The van der Waals surface area contributed by atoms with E-state index in [1.54, 1.807) is 0 Å². The number of nitrogens with one attached hydrogen (secondary N) is 1. The Hall–Kier alpha value is -0.820. The number of fused-ring (bicyclic) bond motifs is 1. The molecule has 0 amide bonds. The van der Waals surface area contributed by atoms with Gasteiger partial charge in [0.25, 0.3) is 0 Å². The molecule has 0 aliphatic heterocycles. The average molecular weight is 189 g/mol. The first-order valence-electron chi connectivity index (χ1n) is 5.52. The summed E-state index contributed by atoms with van der Waals surface area (Å²) >= 11 is 0. The molecular weight excluding hydrogens is 170 g/mol. The summed E-state index contributed by atoms with van der Waals surface area (Å²) in [5.74, 6) is 0.731. The molecule has 1 aromatic rings. The van der Waals surface area contributed by atoms with Crippen molar-refractivity contribution in [1.29, 1.82) is 0 Å². The van der Waals surface area contributed by atoms with Crippen LogP contribution in [0.25, 0.3) is 0 Å². The molecule has 0 fully saturated rings. The molecule has 0 saturated heterocycles. The van der Waals surface area contributed by atoms with Crippen LogP contribution in [0.2, 0.25) is 0 Å². The van der Waals surface area contributed by atoms with Gasteiger partial charge in [-0.1, -0.05) is 45.0 Å². The van der Waals surface area contributed by atoms with Crippen molar-refractivity contribution in [1.82, 2.24) is 5.32 Å². The maximum Gasteiger partial charge on any atom is 0.0354 e. The summed E-state index contributed by atoms with van der Waals surface area (Å²) < 4.78 is 0. The number of hydrogen-bond donors (Lipinski definition) is 1. The number of rotatable bonds is 2. The lowest BCUT2D eigenvalue weighted by Crippen LogP contribution is -2.30.